The molecule has 204 valence electrons. The number of benzene rings is 2. The molecule has 1 fully saturated rings. The van der Waals surface area contributed by atoms with Crippen LogP contribution in [0.3, 0.4) is 0 Å². The van der Waals surface area contributed by atoms with E-state index in [2.05, 4.69) is 38.4 Å². The number of hydrogen-bond donors (Lipinski definition) is 3. The number of nitrogens with zero attached hydrogens (tertiary/aromatic N) is 4. The van der Waals surface area contributed by atoms with Gasteiger partial charge in [0.15, 0.2) is 0 Å². The summed E-state index contributed by atoms with van der Waals surface area (Å²) in [5, 5.41) is 13.8. The zero-order valence-electron chi connectivity index (χ0n) is 22.2. The van der Waals surface area contributed by atoms with Gasteiger partial charge >= 0.3 is 5.69 Å². The summed E-state index contributed by atoms with van der Waals surface area (Å²) in [6, 6.07) is 15.5. The lowest BCUT2D eigenvalue weighted by Gasteiger charge is -2.37. The minimum atomic E-state index is -0.496. The molecular formula is C30H31N7O3. The van der Waals surface area contributed by atoms with Gasteiger partial charge in [0.05, 0.1) is 11.3 Å². The number of aromatic amines is 2. The standard InChI is InChI=1S/C30H31N7O3/c31-19-22-7-9-25-24(10-11-32-25)29(22)36-15-13-35(14-16-36)27(38)5-2-12-37-28(39)18-26(34-30(37)40)33-23-8-6-20-3-1-4-21(20)17-23/h6-11,17-18,32-33H,1-5,12-16H2,(H,34,40). The molecule has 1 aliphatic carbocycles. The Balaban J connectivity index is 1.03. The summed E-state index contributed by atoms with van der Waals surface area (Å²) in [5.41, 5.74) is 5.10. The fourth-order valence-electron chi connectivity index (χ4n) is 5.88. The van der Waals surface area contributed by atoms with Crippen molar-refractivity contribution in [3.8, 4) is 6.07 Å². The molecule has 2 aromatic carbocycles. The van der Waals surface area contributed by atoms with Crippen molar-refractivity contribution in [2.24, 2.45) is 0 Å². The first-order valence-electron chi connectivity index (χ1n) is 13.8. The van der Waals surface area contributed by atoms with Crippen LogP contribution in [0.1, 0.15) is 36.0 Å². The lowest BCUT2D eigenvalue weighted by Crippen LogP contribution is -2.49. The molecule has 10 heteroatoms. The number of nitriles is 1. The molecule has 1 amide bonds. The number of aromatic nitrogens is 3. The van der Waals surface area contributed by atoms with E-state index in [-0.39, 0.29) is 18.9 Å². The van der Waals surface area contributed by atoms with Crippen molar-refractivity contribution in [2.45, 2.75) is 38.6 Å². The van der Waals surface area contributed by atoms with Crippen molar-refractivity contribution >= 4 is 34.0 Å². The fraction of sp³-hybridized carbons (Fsp3) is 0.333. The maximum absolute atomic E-state index is 12.9. The Hall–Kier alpha value is -4.78. The highest BCUT2D eigenvalue weighted by atomic mass is 16.2. The minimum Gasteiger partial charge on any atom is -0.366 e. The van der Waals surface area contributed by atoms with Gasteiger partial charge in [0.25, 0.3) is 5.56 Å². The zero-order chi connectivity index (χ0) is 27.6. The van der Waals surface area contributed by atoms with Gasteiger partial charge in [-0.2, -0.15) is 5.26 Å². The monoisotopic (exact) mass is 537 g/mol. The number of H-pyrrole nitrogens is 2. The molecule has 6 rings (SSSR count). The van der Waals surface area contributed by atoms with Gasteiger partial charge in [0.1, 0.15) is 11.9 Å². The van der Waals surface area contributed by atoms with Crippen molar-refractivity contribution in [1.29, 1.82) is 5.26 Å². The number of rotatable bonds is 7. The fourth-order valence-corrected chi connectivity index (χ4v) is 5.88. The van der Waals surface area contributed by atoms with Crippen LogP contribution in [-0.2, 0) is 24.2 Å². The first kappa shape index (κ1) is 25.5. The summed E-state index contributed by atoms with van der Waals surface area (Å²) in [6.07, 6.45) is 5.79. The summed E-state index contributed by atoms with van der Waals surface area (Å²) >= 11 is 0. The third-order valence-electron chi connectivity index (χ3n) is 7.95. The molecule has 3 N–H and O–H groups in total. The summed E-state index contributed by atoms with van der Waals surface area (Å²) in [7, 11) is 0. The molecule has 0 atom stereocenters. The maximum Gasteiger partial charge on any atom is 0.329 e. The first-order valence-corrected chi connectivity index (χ1v) is 13.8. The van der Waals surface area contributed by atoms with Gasteiger partial charge in [-0.25, -0.2) is 4.79 Å². The Labute approximate surface area is 230 Å². The van der Waals surface area contributed by atoms with Crippen LogP contribution in [0.4, 0.5) is 17.2 Å². The van der Waals surface area contributed by atoms with E-state index in [1.54, 1.807) is 0 Å². The van der Waals surface area contributed by atoms with Crippen LogP contribution in [0.15, 0.2) is 58.3 Å². The third kappa shape index (κ3) is 4.98. The summed E-state index contributed by atoms with van der Waals surface area (Å²) in [6.45, 7) is 2.52. The van der Waals surface area contributed by atoms with Crippen LogP contribution < -0.4 is 21.5 Å². The van der Waals surface area contributed by atoms with Gasteiger partial charge in [0.2, 0.25) is 5.91 Å². The van der Waals surface area contributed by atoms with Crippen LogP contribution in [0.5, 0.6) is 0 Å². The van der Waals surface area contributed by atoms with Gasteiger partial charge in [-0.15, -0.1) is 0 Å². The van der Waals surface area contributed by atoms with Crippen molar-refractivity contribution < 1.29 is 4.79 Å². The number of anilines is 3. The molecule has 2 aliphatic rings. The number of amides is 1. The molecule has 3 heterocycles. The summed E-state index contributed by atoms with van der Waals surface area (Å²) in [5.74, 6) is 0.354. The molecule has 1 saturated heterocycles. The topological polar surface area (TPSA) is 130 Å². The Kier molecular flexibility index (Phi) is 6.86. The number of fused-ring (bicyclic) bond motifs is 2. The molecule has 1 aliphatic heterocycles. The number of carbonyl (C=O) groups excluding carboxylic acids is 1. The van der Waals surface area contributed by atoms with E-state index >= 15 is 0 Å². The van der Waals surface area contributed by atoms with E-state index in [1.807, 2.05) is 35.4 Å². The second kappa shape index (κ2) is 10.8. The van der Waals surface area contributed by atoms with E-state index in [0.29, 0.717) is 44.0 Å². The number of nitrogens with one attached hydrogen (secondary N) is 3. The first-order chi connectivity index (χ1) is 19.5. The Morgan fingerprint density at radius 1 is 1.00 bits per heavy atom. The van der Waals surface area contributed by atoms with Crippen molar-refractivity contribution in [1.82, 2.24) is 19.4 Å². The normalized spacial score (nSPS) is 14.8. The van der Waals surface area contributed by atoms with Crippen molar-refractivity contribution in [2.75, 3.05) is 36.4 Å². The third-order valence-corrected chi connectivity index (χ3v) is 7.95. The van der Waals surface area contributed by atoms with E-state index in [0.717, 1.165) is 46.1 Å². The van der Waals surface area contributed by atoms with Crippen molar-refractivity contribution in [3.05, 3.63) is 86.2 Å². The maximum atomic E-state index is 12.9. The van der Waals surface area contributed by atoms with Crippen LogP contribution in [-0.4, -0.2) is 51.5 Å². The molecule has 40 heavy (non-hydrogen) atoms. The Morgan fingerprint density at radius 2 is 1.82 bits per heavy atom. The predicted octanol–water partition coefficient (Wildman–Crippen LogP) is 3.25. The molecule has 2 aromatic heterocycles. The van der Waals surface area contributed by atoms with E-state index in [4.69, 9.17) is 0 Å². The number of carbonyl (C=O) groups is 1. The largest absolute Gasteiger partial charge is 0.366 e. The van der Waals surface area contributed by atoms with Crippen molar-refractivity contribution in [3.63, 3.8) is 0 Å². The smallest absolute Gasteiger partial charge is 0.329 e. The predicted molar refractivity (Wildman–Crippen MR) is 154 cm³/mol. The quantitative estimate of drug-likeness (QED) is 0.332. The van der Waals surface area contributed by atoms with Crippen LogP contribution in [0, 0.1) is 11.3 Å². The van der Waals surface area contributed by atoms with Gasteiger partial charge in [0, 0.05) is 68.0 Å². The molecule has 0 bridgehead atoms. The molecular weight excluding hydrogens is 506 g/mol. The second-order valence-electron chi connectivity index (χ2n) is 10.4. The van der Waals surface area contributed by atoms with E-state index in [1.165, 1.54) is 17.2 Å². The highest BCUT2D eigenvalue weighted by Crippen LogP contribution is 2.31. The van der Waals surface area contributed by atoms with E-state index < -0.39 is 11.2 Å². The number of hydrogen-bond acceptors (Lipinski definition) is 6. The SMILES string of the molecule is N#Cc1ccc2[nH]ccc2c1N1CCN(C(=O)CCCn2c(=O)cc(Nc3ccc4c(c3)CCC4)[nH]c2=O)CC1. The van der Waals surface area contributed by atoms with Gasteiger partial charge in [-0.3, -0.25) is 19.1 Å². The number of aryl methyl sites for hydroxylation is 2. The highest BCUT2D eigenvalue weighted by molar-refractivity contribution is 5.95. The van der Waals surface area contributed by atoms with E-state index in [9.17, 15) is 19.6 Å². The minimum absolute atomic E-state index is 0.000571. The number of piperazine rings is 1. The van der Waals surface area contributed by atoms with Crippen LogP contribution in [0.25, 0.3) is 10.9 Å². The summed E-state index contributed by atoms with van der Waals surface area (Å²) < 4.78 is 1.14. The zero-order valence-corrected chi connectivity index (χ0v) is 22.2. The molecule has 0 saturated carbocycles. The molecule has 4 aromatic rings. The van der Waals surface area contributed by atoms with Gasteiger partial charge < -0.3 is 20.1 Å². The molecule has 0 spiro atoms. The Morgan fingerprint density at radius 3 is 2.62 bits per heavy atom. The van der Waals surface area contributed by atoms with Gasteiger partial charge in [-0.1, -0.05) is 6.07 Å². The molecule has 0 radical (unpaired) electrons. The molecule has 10 nitrogen and oxygen atoms in total. The lowest BCUT2D eigenvalue weighted by molar-refractivity contribution is -0.131. The van der Waals surface area contributed by atoms with Gasteiger partial charge in [-0.05, 0) is 67.1 Å². The molecule has 0 unspecified atom stereocenters. The Bertz CT molecular complexity index is 1700. The summed E-state index contributed by atoms with van der Waals surface area (Å²) in [4.78, 5) is 48.2. The lowest BCUT2D eigenvalue weighted by atomic mass is 10.1. The van der Waals surface area contributed by atoms with Crippen LogP contribution in [0.2, 0.25) is 0 Å². The average molecular weight is 538 g/mol. The highest BCUT2D eigenvalue weighted by Gasteiger charge is 2.24. The average Bonchev–Trinajstić information content (AvgIpc) is 3.63. The second-order valence-corrected chi connectivity index (χ2v) is 10.4. The van der Waals surface area contributed by atoms with Crippen LogP contribution >= 0.6 is 0 Å².